The second-order valence-electron chi connectivity index (χ2n) is 11.0. The van der Waals surface area contributed by atoms with Gasteiger partial charge in [-0.1, -0.05) is 65.0 Å². The first kappa shape index (κ1) is 33.3. The van der Waals surface area contributed by atoms with E-state index in [4.69, 9.17) is 9.47 Å². The van der Waals surface area contributed by atoms with E-state index in [0.717, 1.165) is 52.0 Å². The largest absolute Gasteiger partial charge is 0.493 e. The second-order valence-corrected chi connectivity index (χ2v) is 13.8. The molecule has 1 fully saturated rings. The molecule has 3 aromatic carbocycles. The van der Waals surface area contributed by atoms with Crippen molar-refractivity contribution in [3.63, 3.8) is 0 Å². The topological polar surface area (TPSA) is 105 Å². The monoisotopic (exact) mass is 685 g/mol. The Morgan fingerprint density at radius 2 is 1.57 bits per heavy atom. The van der Waals surface area contributed by atoms with Crippen molar-refractivity contribution in [2.75, 3.05) is 25.1 Å². The highest BCUT2D eigenvalue weighted by Crippen LogP contribution is 2.32. The molecule has 2 amide bonds. The zero-order chi connectivity index (χ0) is 31.9. The Balaban J connectivity index is 1.70. The molecule has 3 aromatic rings. The number of carbonyl (C=O) groups excluding carboxylic acids is 2. The molecule has 0 radical (unpaired) electrons. The van der Waals surface area contributed by atoms with Gasteiger partial charge in [0.15, 0.2) is 11.5 Å². The first-order valence-corrected chi connectivity index (χ1v) is 16.9. The van der Waals surface area contributed by atoms with Crippen LogP contribution in [0.3, 0.4) is 0 Å². The van der Waals surface area contributed by atoms with Crippen molar-refractivity contribution >= 4 is 43.5 Å². The van der Waals surface area contributed by atoms with Gasteiger partial charge in [-0.15, -0.1) is 0 Å². The van der Waals surface area contributed by atoms with Gasteiger partial charge in [0, 0.05) is 23.1 Å². The van der Waals surface area contributed by atoms with E-state index in [1.54, 1.807) is 31.2 Å². The number of hydrogen-bond acceptors (Lipinski definition) is 6. The lowest BCUT2D eigenvalue weighted by Gasteiger charge is -2.33. The molecule has 1 aliphatic carbocycles. The summed E-state index contributed by atoms with van der Waals surface area (Å²) in [6, 6.07) is 17.9. The van der Waals surface area contributed by atoms with E-state index in [1.807, 2.05) is 31.2 Å². The van der Waals surface area contributed by atoms with Crippen LogP contribution in [0, 0.1) is 6.92 Å². The Morgan fingerprint density at radius 3 is 2.18 bits per heavy atom. The molecule has 0 spiro atoms. The standard InChI is InChI=1S/C33H40BrN3O6S/c1-23-10-16-28(17-11-23)37(44(40,41)29-18-19-30(42-3)31(20-29)43-4)22-32(38)36(21-25-12-14-26(34)15-13-25)24(2)33(39)35-27-8-6-5-7-9-27/h10-20,24,27H,5-9,21-22H2,1-4H3,(H,35,39)/t24-/m0/s1. The van der Waals surface area contributed by atoms with Gasteiger partial charge in [-0.05, 0) is 68.7 Å². The van der Waals surface area contributed by atoms with Crippen molar-refractivity contribution < 1.29 is 27.5 Å². The van der Waals surface area contributed by atoms with Crippen LogP contribution in [0.1, 0.15) is 50.2 Å². The summed E-state index contributed by atoms with van der Waals surface area (Å²) in [5, 5.41) is 3.12. The van der Waals surface area contributed by atoms with Crippen LogP contribution in [0.2, 0.25) is 0 Å². The highest BCUT2D eigenvalue weighted by molar-refractivity contribution is 9.10. The number of benzene rings is 3. The third-order valence-electron chi connectivity index (χ3n) is 7.93. The molecule has 4 rings (SSSR count). The number of ether oxygens (including phenoxy) is 2. The molecular weight excluding hydrogens is 646 g/mol. The van der Waals surface area contributed by atoms with Gasteiger partial charge < -0.3 is 19.7 Å². The smallest absolute Gasteiger partial charge is 0.264 e. The minimum atomic E-state index is -4.26. The lowest BCUT2D eigenvalue weighted by atomic mass is 9.95. The third-order valence-corrected chi connectivity index (χ3v) is 10.2. The molecule has 0 unspecified atom stereocenters. The number of hydrogen-bond donors (Lipinski definition) is 1. The normalized spacial score (nSPS) is 14.4. The number of halogens is 1. The van der Waals surface area contributed by atoms with E-state index in [1.165, 1.54) is 37.3 Å². The van der Waals surface area contributed by atoms with Gasteiger partial charge in [0.05, 0.1) is 24.8 Å². The number of anilines is 1. The summed E-state index contributed by atoms with van der Waals surface area (Å²) in [5.74, 6) is -0.146. The van der Waals surface area contributed by atoms with Crippen LogP contribution in [-0.2, 0) is 26.2 Å². The molecule has 9 nitrogen and oxygen atoms in total. The van der Waals surface area contributed by atoms with Gasteiger partial charge in [0.1, 0.15) is 12.6 Å². The SMILES string of the molecule is COc1ccc(S(=O)(=O)N(CC(=O)N(Cc2ccc(Br)cc2)[C@@H](C)C(=O)NC2CCCCC2)c2ccc(C)cc2)cc1OC. The predicted octanol–water partition coefficient (Wildman–Crippen LogP) is 5.84. The maximum absolute atomic E-state index is 14.2. The molecule has 0 aliphatic heterocycles. The van der Waals surface area contributed by atoms with Gasteiger partial charge in [0.2, 0.25) is 11.8 Å². The fraction of sp³-hybridized carbons (Fsp3) is 0.394. The fourth-order valence-corrected chi connectivity index (χ4v) is 6.98. The van der Waals surface area contributed by atoms with Crippen molar-refractivity contribution in [3.8, 4) is 11.5 Å². The molecular formula is C33H40BrN3O6S. The van der Waals surface area contributed by atoms with E-state index >= 15 is 0 Å². The zero-order valence-electron chi connectivity index (χ0n) is 25.6. The summed E-state index contributed by atoms with van der Waals surface area (Å²) in [4.78, 5) is 29.1. The Labute approximate surface area is 268 Å². The zero-order valence-corrected chi connectivity index (χ0v) is 28.0. The van der Waals surface area contributed by atoms with Gasteiger partial charge >= 0.3 is 0 Å². The van der Waals surface area contributed by atoms with Crippen molar-refractivity contribution in [1.82, 2.24) is 10.2 Å². The van der Waals surface area contributed by atoms with Crippen molar-refractivity contribution in [2.24, 2.45) is 0 Å². The molecule has 1 N–H and O–H groups in total. The summed E-state index contributed by atoms with van der Waals surface area (Å²) < 4.78 is 41.0. The summed E-state index contributed by atoms with van der Waals surface area (Å²) in [7, 11) is -1.36. The molecule has 11 heteroatoms. The molecule has 44 heavy (non-hydrogen) atoms. The fourth-order valence-electron chi connectivity index (χ4n) is 5.28. The molecule has 1 atom stereocenters. The lowest BCUT2D eigenvalue weighted by molar-refractivity contribution is -0.139. The maximum atomic E-state index is 14.2. The third kappa shape index (κ3) is 8.12. The summed E-state index contributed by atoms with van der Waals surface area (Å²) in [5.41, 5.74) is 2.07. The predicted molar refractivity (Wildman–Crippen MR) is 174 cm³/mol. The van der Waals surface area contributed by atoms with E-state index in [9.17, 15) is 18.0 Å². The Hall–Kier alpha value is -3.57. The maximum Gasteiger partial charge on any atom is 0.264 e. The van der Waals surface area contributed by atoms with Crippen LogP contribution in [-0.4, -0.2) is 58.0 Å². The molecule has 0 saturated heterocycles. The van der Waals surface area contributed by atoms with E-state index < -0.39 is 28.5 Å². The average molecular weight is 687 g/mol. The number of methoxy groups -OCH3 is 2. The van der Waals surface area contributed by atoms with E-state index in [0.29, 0.717) is 11.4 Å². The number of sulfonamides is 1. The summed E-state index contributed by atoms with van der Waals surface area (Å²) >= 11 is 3.44. The van der Waals surface area contributed by atoms with Crippen LogP contribution < -0.4 is 19.1 Å². The van der Waals surface area contributed by atoms with Crippen molar-refractivity contribution in [1.29, 1.82) is 0 Å². The molecule has 1 aliphatic rings. The molecule has 0 heterocycles. The highest BCUT2D eigenvalue weighted by atomic mass is 79.9. The average Bonchev–Trinajstić information content (AvgIpc) is 3.03. The minimum Gasteiger partial charge on any atom is -0.493 e. The number of aryl methyl sites for hydroxylation is 1. The van der Waals surface area contributed by atoms with Crippen molar-refractivity contribution in [2.45, 2.75) is 69.5 Å². The number of nitrogens with one attached hydrogen (secondary N) is 1. The Bertz CT molecular complexity index is 1540. The van der Waals surface area contributed by atoms with E-state index in [2.05, 4.69) is 21.2 Å². The van der Waals surface area contributed by atoms with Crippen LogP contribution >= 0.6 is 15.9 Å². The number of carbonyl (C=O) groups is 2. The van der Waals surface area contributed by atoms with Gasteiger partial charge in [-0.2, -0.15) is 0 Å². The minimum absolute atomic E-state index is 0.0638. The van der Waals surface area contributed by atoms with Gasteiger partial charge in [0.25, 0.3) is 10.0 Å². The highest BCUT2D eigenvalue weighted by Gasteiger charge is 2.33. The van der Waals surface area contributed by atoms with Crippen LogP contribution in [0.15, 0.2) is 76.1 Å². The first-order valence-electron chi connectivity index (χ1n) is 14.7. The number of amides is 2. The van der Waals surface area contributed by atoms with Gasteiger partial charge in [-0.25, -0.2) is 8.42 Å². The first-order chi connectivity index (χ1) is 21.0. The Kier molecular flexibility index (Phi) is 11.3. The van der Waals surface area contributed by atoms with Crippen molar-refractivity contribution in [3.05, 3.63) is 82.3 Å². The van der Waals surface area contributed by atoms with E-state index in [-0.39, 0.29) is 29.1 Å². The molecule has 0 aromatic heterocycles. The Morgan fingerprint density at radius 1 is 0.932 bits per heavy atom. The van der Waals surface area contributed by atoms with Crippen LogP contribution in [0.25, 0.3) is 0 Å². The summed E-state index contributed by atoms with van der Waals surface area (Å²) in [6.07, 6.45) is 5.08. The number of rotatable bonds is 12. The molecule has 236 valence electrons. The lowest BCUT2D eigenvalue weighted by Crippen LogP contribution is -2.53. The van der Waals surface area contributed by atoms with Crippen LogP contribution in [0.5, 0.6) is 11.5 Å². The second kappa shape index (κ2) is 14.9. The quantitative estimate of drug-likeness (QED) is 0.257. The van der Waals surface area contributed by atoms with Gasteiger partial charge in [-0.3, -0.25) is 13.9 Å². The summed E-state index contributed by atoms with van der Waals surface area (Å²) in [6.45, 7) is 3.20. The van der Waals surface area contributed by atoms with Crippen LogP contribution in [0.4, 0.5) is 5.69 Å². The molecule has 0 bridgehead atoms. The number of nitrogens with zero attached hydrogens (tertiary/aromatic N) is 2. The molecule has 1 saturated carbocycles.